The molecular weight excluding hydrogens is 298 g/mol. The van der Waals surface area contributed by atoms with Gasteiger partial charge in [0.25, 0.3) is 0 Å². The summed E-state index contributed by atoms with van der Waals surface area (Å²) in [6.45, 7) is 0. The van der Waals surface area contributed by atoms with Crippen LogP contribution in [-0.4, -0.2) is 45.5 Å². The largest absolute Gasteiger partial charge is 0.481 e. The number of carboxylic acids is 1. The first-order chi connectivity index (χ1) is 9.98. The summed E-state index contributed by atoms with van der Waals surface area (Å²) in [6.07, 6.45) is 1.19. The molecule has 9 nitrogen and oxygen atoms in total. The van der Waals surface area contributed by atoms with Crippen molar-refractivity contribution >= 4 is 21.7 Å². The smallest absolute Gasteiger partial charge is 0.303 e. The van der Waals surface area contributed by atoms with E-state index in [-0.39, 0.29) is 18.6 Å². The average Bonchev–Trinajstić information content (AvgIpc) is 2.91. The van der Waals surface area contributed by atoms with Crippen LogP contribution in [0.3, 0.4) is 0 Å². The van der Waals surface area contributed by atoms with E-state index in [0.717, 1.165) is 0 Å². The predicted molar refractivity (Wildman–Crippen MR) is 73.4 cm³/mol. The van der Waals surface area contributed by atoms with Crippen molar-refractivity contribution in [2.45, 2.75) is 12.8 Å². The van der Waals surface area contributed by atoms with E-state index in [1.165, 1.54) is 11.0 Å². The zero-order chi connectivity index (χ0) is 15.3. The lowest BCUT2D eigenvalue weighted by Crippen LogP contribution is -2.18. The zero-order valence-electron chi connectivity index (χ0n) is 10.9. The van der Waals surface area contributed by atoms with Crippen LogP contribution in [0.4, 0.5) is 5.69 Å². The number of para-hydroxylation sites is 2. The van der Waals surface area contributed by atoms with Gasteiger partial charge < -0.3 is 5.11 Å². The Labute approximate surface area is 120 Å². The topological polar surface area (TPSA) is 127 Å². The Morgan fingerprint density at radius 1 is 1.33 bits per heavy atom. The Kier molecular flexibility index (Phi) is 4.48. The van der Waals surface area contributed by atoms with Crippen LogP contribution in [0.2, 0.25) is 0 Å². The van der Waals surface area contributed by atoms with Crippen molar-refractivity contribution in [3.05, 3.63) is 30.6 Å². The molecular formula is C11H13N5O4S. The van der Waals surface area contributed by atoms with E-state index >= 15 is 0 Å². The van der Waals surface area contributed by atoms with E-state index in [1.54, 1.807) is 24.3 Å². The van der Waals surface area contributed by atoms with Gasteiger partial charge in [-0.15, -0.1) is 5.10 Å². The van der Waals surface area contributed by atoms with Gasteiger partial charge in [0.2, 0.25) is 10.0 Å². The number of carbonyl (C=O) groups is 1. The van der Waals surface area contributed by atoms with E-state index in [2.05, 4.69) is 20.2 Å². The van der Waals surface area contributed by atoms with Gasteiger partial charge in [-0.25, -0.2) is 8.42 Å². The van der Waals surface area contributed by atoms with Gasteiger partial charge in [0.05, 0.1) is 17.1 Å². The van der Waals surface area contributed by atoms with E-state index in [9.17, 15) is 13.2 Å². The number of anilines is 1. The molecule has 1 aromatic heterocycles. The lowest BCUT2D eigenvalue weighted by molar-refractivity contribution is -0.137. The summed E-state index contributed by atoms with van der Waals surface area (Å²) in [6, 6.07) is 6.62. The highest BCUT2D eigenvalue weighted by molar-refractivity contribution is 7.92. The normalized spacial score (nSPS) is 11.2. The minimum atomic E-state index is -3.64. The molecule has 0 fully saturated rings. The number of tetrazole rings is 1. The van der Waals surface area contributed by atoms with Gasteiger partial charge in [-0.1, -0.05) is 12.1 Å². The third kappa shape index (κ3) is 4.24. The molecule has 21 heavy (non-hydrogen) atoms. The van der Waals surface area contributed by atoms with Gasteiger partial charge in [-0.05, 0) is 29.0 Å². The van der Waals surface area contributed by atoms with Gasteiger partial charge in [-0.3, -0.25) is 9.52 Å². The molecule has 0 unspecified atom stereocenters. The van der Waals surface area contributed by atoms with Crippen LogP contribution in [0, 0.1) is 0 Å². The molecule has 0 saturated carbocycles. The summed E-state index contributed by atoms with van der Waals surface area (Å²) < 4.78 is 27.6. The fraction of sp³-hybridized carbons (Fsp3) is 0.273. The van der Waals surface area contributed by atoms with E-state index in [1.807, 2.05) is 0 Å². The highest BCUT2D eigenvalue weighted by Gasteiger charge is 2.14. The fourth-order valence-electron chi connectivity index (χ4n) is 1.66. The van der Waals surface area contributed by atoms with Crippen molar-refractivity contribution in [1.29, 1.82) is 0 Å². The number of nitrogens with zero attached hydrogens (tertiary/aromatic N) is 4. The maximum Gasteiger partial charge on any atom is 0.303 e. The molecule has 112 valence electrons. The van der Waals surface area contributed by atoms with E-state index < -0.39 is 16.0 Å². The molecule has 0 bridgehead atoms. The molecule has 0 spiro atoms. The molecule has 1 heterocycles. The standard InChI is InChI=1S/C11H13N5O4S/c17-11(18)6-3-7-21(19,20)13-9-4-1-2-5-10(9)16-8-12-14-15-16/h1-2,4-5,8,13H,3,6-7H2,(H,17,18). The molecule has 0 saturated heterocycles. The number of aromatic nitrogens is 4. The van der Waals surface area contributed by atoms with Crippen LogP contribution in [0.25, 0.3) is 5.69 Å². The molecule has 0 aliphatic heterocycles. The molecule has 2 N–H and O–H groups in total. The Morgan fingerprint density at radius 2 is 2.10 bits per heavy atom. The number of carboxylic acid groups (broad SMARTS) is 1. The molecule has 1 aromatic carbocycles. The SMILES string of the molecule is O=C(O)CCCS(=O)(=O)Nc1ccccc1-n1cnnn1. The maximum atomic E-state index is 11.9. The van der Waals surface area contributed by atoms with Crippen molar-refractivity contribution < 1.29 is 18.3 Å². The van der Waals surface area contributed by atoms with Crippen molar-refractivity contribution in [2.24, 2.45) is 0 Å². The summed E-state index contributed by atoms with van der Waals surface area (Å²) >= 11 is 0. The Morgan fingerprint density at radius 3 is 2.76 bits per heavy atom. The number of nitrogens with one attached hydrogen (secondary N) is 1. The highest BCUT2D eigenvalue weighted by atomic mass is 32.2. The van der Waals surface area contributed by atoms with Gasteiger partial charge in [0.15, 0.2) is 0 Å². The van der Waals surface area contributed by atoms with E-state index in [4.69, 9.17) is 5.11 Å². The monoisotopic (exact) mass is 311 g/mol. The maximum absolute atomic E-state index is 11.9. The lowest BCUT2D eigenvalue weighted by Gasteiger charge is -2.11. The average molecular weight is 311 g/mol. The minimum absolute atomic E-state index is 0.0394. The van der Waals surface area contributed by atoms with Crippen LogP contribution in [0.5, 0.6) is 0 Å². The molecule has 0 radical (unpaired) electrons. The summed E-state index contributed by atoms with van der Waals surface area (Å²) in [5.41, 5.74) is 0.796. The van der Waals surface area contributed by atoms with Gasteiger partial charge in [-0.2, -0.15) is 4.68 Å². The van der Waals surface area contributed by atoms with Crippen molar-refractivity contribution in [3.63, 3.8) is 0 Å². The molecule has 0 amide bonds. The number of hydrogen-bond acceptors (Lipinski definition) is 6. The summed E-state index contributed by atoms with van der Waals surface area (Å²) in [5.74, 6) is -1.30. The molecule has 2 rings (SSSR count). The van der Waals surface area contributed by atoms with Crippen LogP contribution in [0.15, 0.2) is 30.6 Å². The van der Waals surface area contributed by atoms with Crippen molar-refractivity contribution in [1.82, 2.24) is 20.2 Å². The second-order valence-electron chi connectivity index (χ2n) is 4.19. The third-order valence-electron chi connectivity index (χ3n) is 2.57. The molecule has 0 atom stereocenters. The quantitative estimate of drug-likeness (QED) is 0.751. The van der Waals surface area contributed by atoms with Gasteiger partial charge in [0, 0.05) is 6.42 Å². The number of rotatable bonds is 7. The highest BCUT2D eigenvalue weighted by Crippen LogP contribution is 2.20. The second-order valence-corrected chi connectivity index (χ2v) is 6.03. The van der Waals surface area contributed by atoms with Crippen LogP contribution < -0.4 is 4.72 Å². The number of hydrogen-bond donors (Lipinski definition) is 2. The Bertz CT molecular complexity index is 714. The number of sulfonamides is 1. The van der Waals surface area contributed by atoms with Gasteiger partial charge >= 0.3 is 5.97 Å². The lowest BCUT2D eigenvalue weighted by atomic mass is 10.3. The fourth-order valence-corrected chi connectivity index (χ4v) is 2.80. The summed E-state index contributed by atoms with van der Waals surface area (Å²) in [7, 11) is -3.64. The minimum Gasteiger partial charge on any atom is -0.481 e. The summed E-state index contributed by atoms with van der Waals surface area (Å²) in [4.78, 5) is 10.4. The molecule has 0 aliphatic carbocycles. The Balaban J connectivity index is 2.14. The molecule has 2 aromatic rings. The van der Waals surface area contributed by atoms with Crippen molar-refractivity contribution in [3.8, 4) is 5.69 Å². The first kappa shape index (κ1) is 14.9. The molecule has 0 aliphatic rings. The zero-order valence-corrected chi connectivity index (χ0v) is 11.7. The van der Waals surface area contributed by atoms with Crippen LogP contribution >= 0.6 is 0 Å². The van der Waals surface area contributed by atoms with E-state index in [0.29, 0.717) is 11.4 Å². The Hall–Kier alpha value is -2.49. The predicted octanol–water partition coefficient (Wildman–Crippen LogP) is 0.269. The van der Waals surface area contributed by atoms with Gasteiger partial charge in [0.1, 0.15) is 6.33 Å². The molecule has 10 heteroatoms. The first-order valence-corrected chi connectivity index (χ1v) is 7.68. The summed E-state index contributed by atoms with van der Waals surface area (Å²) in [5, 5.41) is 19.2. The van der Waals surface area contributed by atoms with Crippen molar-refractivity contribution in [2.75, 3.05) is 10.5 Å². The number of benzene rings is 1. The second kappa shape index (κ2) is 6.31. The first-order valence-electron chi connectivity index (χ1n) is 6.02. The number of aliphatic carboxylic acids is 1. The van der Waals surface area contributed by atoms with Crippen LogP contribution in [0.1, 0.15) is 12.8 Å². The third-order valence-corrected chi connectivity index (χ3v) is 3.93. The van der Waals surface area contributed by atoms with Crippen LogP contribution in [-0.2, 0) is 14.8 Å².